The normalized spacial score (nSPS) is 8.87. The van der Waals surface area contributed by atoms with Crippen LogP contribution in [0.3, 0.4) is 0 Å². The summed E-state index contributed by atoms with van der Waals surface area (Å²) in [6.45, 7) is 91.1. The molecule has 0 radical (unpaired) electrons. The Balaban J connectivity index is -0.000000492. The van der Waals surface area contributed by atoms with Crippen LogP contribution in [0.4, 0.5) is 0 Å². The van der Waals surface area contributed by atoms with Crippen molar-refractivity contribution in [1.82, 2.24) is 0 Å². The minimum atomic E-state index is 1.31. The van der Waals surface area contributed by atoms with Crippen LogP contribution < -0.4 is 0 Å². The van der Waals surface area contributed by atoms with Gasteiger partial charge in [-0.2, -0.15) is 0 Å². The summed E-state index contributed by atoms with van der Waals surface area (Å²) in [7, 11) is 0. The minimum absolute atomic E-state index is 1.31. The fourth-order valence-corrected chi connectivity index (χ4v) is 15.4. The molecule has 21 aromatic rings. The first-order valence-corrected chi connectivity index (χ1v) is 55.6. The maximum Gasteiger partial charge on any atom is -0.00697 e. The van der Waals surface area contributed by atoms with E-state index in [0.29, 0.717) is 0 Å². The zero-order valence-corrected chi connectivity index (χ0v) is 98.9. The van der Waals surface area contributed by atoms with Gasteiger partial charge in [0.2, 0.25) is 0 Å². The first-order valence-electron chi connectivity index (χ1n) is 55.6. The van der Waals surface area contributed by atoms with Gasteiger partial charge in [-0.05, 0) is 222 Å². The third-order valence-electron chi connectivity index (χ3n) is 20.7. The van der Waals surface area contributed by atoms with Crippen LogP contribution in [-0.4, -0.2) is 0 Å². The number of rotatable bonds is 0. The van der Waals surface area contributed by atoms with E-state index in [2.05, 4.69) is 431 Å². The van der Waals surface area contributed by atoms with E-state index in [4.69, 9.17) is 0 Å². The lowest BCUT2D eigenvalue weighted by atomic mass is 9.92. The molecule has 0 atom stereocenters. The Hall–Kier alpha value is -12.7. The highest BCUT2D eigenvalue weighted by Gasteiger charge is 2.11. The van der Waals surface area contributed by atoms with E-state index in [-0.39, 0.29) is 0 Å². The summed E-state index contributed by atoms with van der Waals surface area (Å²) < 4.78 is 0. The van der Waals surface area contributed by atoms with Gasteiger partial charge in [-0.15, -0.1) is 0 Å². The van der Waals surface area contributed by atoms with Crippen molar-refractivity contribution in [2.24, 2.45) is 0 Å². The predicted molar refractivity (Wildman–Crippen MR) is 679 cm³/mol. The maximum absolute atomic E-state index is 2.30. The quantitative estimate of drug-likeness (QED) is 0.133. The van der Waals surface area contributed by atoms with Crippen molar-refractivity contribution in [2.45, 2.75) is 312 Å². The number of hydrogen-bond acceptors (Lipinski definition) is 0. The molecular formula is C143H198. The fraction of sp³-hybridized carbons (Fsp3) is 0.315. The Morgan fingerprint density at radius 1 is 0.0909 bits per heavy atom. The van der Waals surface area contributed by atoms with Crippen LogP contribution in [0.1, 0.15) is 302 Å². The molecule has 21 rings (SSSR count). The molecule has 0 saturated heterocycles. The van der Waals surface area contributed by atoms with E-state index in [1.54, 1.807) is 0 Å². The summed E-state index contributed by atoms with van der Waals surface area (Å²) in [4.78, 5) is 0. The summed E-state index contributed by atoms with van der Waals surface area (Å²) in [5.74, 6) is 0. The molecule has 0 heterocycles. The summed E-state index contributed by atoms with van der Waals surface area (Å²) in [5, 5.41) is 37.6. The third kappa shape index (κ3) is 41.6. The second kappa shape index (κ2) is 88.2. The van der Waals surface area contributed by atoms with Gasteiger partial charge in [0.25, 0.3) is 0 Å². The van der Waals surface area contributed by atoms with Crippen LogP contribution >= 0.6 is 0 Å². The van der Waals surface area contributed by atoms with Gasteiger partial charge in [-0.3, -0.25) is 0 Å². The Morgan fingerprint density at radius 3 is 0.678 bits per heavy atom. The molecule has 0 aliphatic carbocycles. The van der Waals surface area contributed by atoms with Gasteiger partial charge < -0.3 is 0 Å². The molecular weight excluding hydrogens is 1720 g/mol. The lowest BCUT2D eigenvalue weighted by Crippen LogP contribution is -1.85. The van der Waals surface area contributed by atoms with Crippen molar-refractivity contribution in [3.05, 3.63) is 421 Å². The molecule has 0 amide bonds. The van der Waals surface area contributed by atoms with E-state index in [0.717, 1.165) is 0 Å². The van der Waals surface area contributed by atoms with Gasteiger partial charge in [0.05, 0.1) is 0 Å². The van der Waals surface area contributed by atoms with Crippen molar-refractivity contribution in [1.29, 1.82) is 0 Å². The molecule has 0 aliphatic heterocycles. The Labute approximate surface area is 877 Å². The SMILES string of the molecule is CC.CC.CC.CC.CC.CC.CC.CC.CC.CC.CC.CC.CC.CC.CC.CC.CC.CC.CC.Cc1ccc2c3ccccc3c3ccccc3c2c1.Cc1ccc2ccc3ccccc3c2c1.Cc1ccc2ccccc2c1.Cc1cccc2c1ccc1ccccc12.Cc1cccc2c3ccccc3c3ccccc3c12.Cc1cccc2ccc3ccccc3c12.Cc1cccc2ccccc12. The van der Waals surface area contributed by atoms with E-state index < -0.39 is 0 Å². The summed E-state index contributed by atoms with van der Waals surface area (Å²) in [6, 6.07) is 136. The van der Waals surface area contributed by atoms with Gasteiger partial charge in [0.15, 0.2) is 0 Å². The van der Waals surface area contributed by atoms with Gasteiger partial charge in [-0.1, -0.05) is 662 Å². The molecule has 0 bridgehead atoms. The Kier molecular flexibility index (Phi) is 85.6. The first-order chi connectivity index (χ1) is 70.5. The summed E-state index contributed by atoms with van der Waals surface area (Å²) in [6.07, 6.45) is 0. The monoisotopic (exact) mass is 1920 g/mol. The molecule has 0 heteroatoms. The highest BCUT2D eigenvalue weighted by Crippen LogP contribution is 2.39. The molecule has 0 saturated carbocycles. The van der Waals surface area contributed by atoms with Crippen molar-refractivity contribution in [2.75, 3.05) is 0 Å². The van der Waals surface area contributed by atoms with E-state index in [1.165, 1.54) is 190 Å². The van der Waals surface area contributed by atoms with Gasteiger partial charge in [0, 0.05) is 0 Å². The number of aryl methyl sites for hydroxylation is 7. The standard InChI is InChI=1S/2C19H14.3C15H12.2C11H10.19C2H6/c1-13-7-6-12-18-16-9-3-2-8-14(16)15-10-4-5-11-17(15)19(13)18;1-13-10-11-18-16-8-3-2-6-14(16)15-7-4-5-9-17(15)19(18)12-13;1-11-5-4-7-13-10-9-12-6-2-3-8-14(12)15(11)13;1-11-5-4-8-15-13(11)10-9-12-6-2-3-7-14(12)15;1-11-6-7-13-9-8-12-4-2-3-5-14(12)15(13)10-11;1-9-5-4-7-10-6-2-3-8-11(9)10;1-9-6-7-10-4-2-3-5-11(10)8-9;19*1-2/h2*2-12H,1H3;3*2-10H,1H3;2*2-8H,1H3;19*1-2H3. The van der Waals surface area contributed by atoms with Crippen LogP contribution in [0, 0.1) is 48.5 Å². The van der Waals surface area contributed by atoms with Crippen LogP contribution in [0.5, 0.6) is 0 Å². The number of benzene rings is 21. The first kappa shape index (κ1) is 139. The predicted octanol–water partition coefficient (Wildman–Crippen LogP) is 49.6. The van der Waals surface area contributed by atoms with Crippen molar-refractivity contribution < 1.29 is 0 Å². The Morgan fingerprint density at radius 2 is 0.280 bits per heavy atom. The zero-order chi connectivity index (χ0) is 110. The number of fused-ring (bicyclic) bond motifs is 23. The van der Waals surface area contributed by atoms with E-state index in [9.17, 15) is 0 Å². The molecule has 0 N–H and O–H groups in total. The van der Waals surface area contributed by atoms with E-state index >= 15 is 0 Å². The average molecular weight is 1920 g/mol. The molecule has 143 heavy (non-hydrogen) atoms. The fourth-order valence-electron chi connectivity index (χ4n) is 15.4. The summed E-state index contributed by atoms with van der Waals surface area (Å²) >= 11 is 0. The van der Waals surface area contributed by atoms with Crippen LogP contribution in [0.25, 0.3) is 151 Å². The highest BCUT2D eigenvalue weighted by molar-refractivity contribution is 6.27. The molecule has 770 valence electrons. The average Bonchev–Trinajstić information content (AvgIpc) is 0.742. The lowest BCUT2D eigenvalue weighted by molar-refractivity contribution is 1.50. The number of hydrogen-bond donors (Lipinski definition) is 0. The molecule has 0 unspecified atom stereocenters. The minimum Gasteiger partial charge on any atom is -0.0683 e. The second-order valence-electron chi connectivity index (χ2n) is 27.8. The molecule has 0 nitrogen and oxygen atoms in total. The van der Waals surface area contributed by atoms with Crippen LogP contribution in [0.15, 0.2) is 382 Å². The summed E-state index contributed by atoms with van der Waals surface area (Å²) in [5.41, 5.74) is 9.35. The van der Waals surface area contributed by atoms with Crippen molar-refractivity contribution in [3.8, 4) is 0 Å². The second-order valence-corrected chi connectivity index (χ2v) is 27.8. The molecule has 0 aliphatic rings. The van der Waals surface area contributed by atoms with Crippen molar-refractivity contribution in [3.63, 3.8) is 0 Å². The molecule has 0 fully saturated rings. The molecule has 0 spiro atoms. The highest BCUT2D eigenvalue weighted by atomic mass is 14.2. The molecule has 21 aromatic carbocycles. The topological polar surface area (TPSA) is 0 Å². The third-order valence-corrected chi connectivity index (χ3v) is 20.7. The molecule has 0 aromatic heterocycles. The zero-order valence-electron chi connectivity index (χ0n) is 98.9. The largest absolute Gasteiger partial charge is 0.0683 e. The van der Waals surface area contributed by atoms with Crippen molar-refractivity contribution >= 4 is 151 Å². The lowest BCUT2D eigenvalue weighted by Gasteiger charge is -2.11. The van der Waals surface area contributed by atoms with Crippen LogP contribution in [0.2, 0.25) is 0 Å². The van der Waals surface area contributed by atoms with Gasteiger partial charge in [0.1, 0.15) is 0 Å². The Bertz CT molecular complexity index is 6550. The van der Waals surface area contributed by atoms with Gasteiger partial charge >= 0.3 is 0 Å². The van der Waals surface area contributed by atoms with E-state index in [1.807, 2.05) is 263 Å². The maximum atomic E-state index is 2.30. The van der Waals surface area contributed by atoms with Gasteiger partial charge in [-0.25, -0.2) is 0 Å². The smallest absolute Gasteiger partial charge is 0.00697 e. The van der Waals surface area contributed by atoms with Crippen LogP contribution in [-0.2, 0) is 0 Å².